The topological polar surface area (TPSA) is 74.2 Å². The van der Waals surface area contributed by atoms with Gasteiger partial charge >= 0.3 is 5.89 Å². The van der Waals surface area contributed by atoms with Crippen LogP contribution in [0.25, 0.3) is 27.9 Å². The highest BCUT2D eigenvalue weighted by atomic mass is 32.2. The summed E-state index contributed by atoms with van der Waals surface area (Å²) in [6.07, 6.45) is 4.72. The molecular weight excluding hydrogens is 326 g/mol. The Bertz CT molecular complexity index is 1000. The van der Waals surface area contributed by atoms with Crippen molar-refractivity contribution in [3.8, 4) is 0 Å². The SMILES string of the molecule is C/C=C/c1oc2ccc3ccccc3c2[n+]1CCCCS(=O)(=O)[O-]. The molecule has 0 spiro atoms. The second kappa shape index (κ2) is 6.75. The van der Waals surface area contributed by atoms with Crippen LogP contribution in [0.3, 0.4) is 0 Å². The van der Waals surface area contributed by atoms with Crippen LogP contribution in [0.4, 0.5) is 0 Å². The van der Waals surface area contributed by atoms with Crippen LogP contribution in [0.15, 0.2) is 46.9 Å². The lowest BCUT2D eigenvalue weighted by Gasteiger charge is -2.04. The van der Waals surface area contributed by atoms with Crippen LogP contribution in [0, 0.1) is 0 Å². The Morgan fingerprint density at radius 3 is 2.71 bits per heavy atom. The summed E-state index contributed by atoms with van der Waals surface area (Å²) in [4.78, 5) is 0. The van der Waals surface area contributed by atoms with Crippen LogP contribution in [-0.4, -0.2) is 18.7 Å². The maximum atomic E-state index is 10.8. The van der Waals surface area contributed by atoms with Gasteiger partial charge in [-0.25, -0.2) is 8.42 Å². The van der Waals surface area contributed by atoms with E-state index in [4.69, 9.17) is 4.42 Å². The van der Waals surface area contributed by atoms with Gasteiger partial charge in [-0.3, -0.25) is 0 Å². The highest BCUT2D eigenvalue weighted by Gasteiger charge is 2.22. The van der Waals surface area contributed by atoms with Crippen molar-refractivity contribution in [2.75, 3.05) is 5.75 Å². The van der Waals surface area contributed by atoms with Crippen molar-refractivity contribution in [3.05, 3.63) is 48.4 Å². The van der Waals surface area contributed by atoms with Gasteiger partial charge in [-0.15, -0.1) is 0 Å². The number of hydrogen-bond acceptors (Lipinski definition) is 4. The van der Waals surface area contributed by atoms with Gasteiger partial charge in [-0.1, -0.05) is 30.3 Å². The van der Waals surface area contributed by atoms with E-state index in [9.17, 15) is 13.0 Å². The molecule has 1 heterocycles. The Kier molecular flexibility index (Phi) is 4.69. The number of benzene rings is 2. The number of unbranched alkanes of at least 4 members (excludes halogenated alkanes) is 1. The Balaban J connectivity index is 2.02. The zero-order valence-electron chi connectivity index (χ0n) is 13.4. The number of aryl methyl sites for hydroxylation is 1. The molecule has 3 rings (SSSR count). The number of fused-ring (bicyclic) bond motifs is 3. The van der Waals surface area contributed by atoms with Crippen LogP contribution in [0.2, 0.25) is 0 Å². The maximum absolute atomic E-state index is 10.8. The predicted molar refractivity (Wildman–Crippen MR) is 92.4 cm³/mol. The van der Waals surface area contributed by atoms with Crippen LogP contribution >= 0.6 is 0 Å². The molecular formula is C18H19NO4S. The summed E-state index contributed by atoms with van der Waals surface area (Å²) in [6, 6.07) is 12.0. The first-order valence-corrected chi connectivity index (χ1v) is 9.48. The third kappa shape index (κ3) is 3.49. The third-order valence-electron chi connectivity index (χ3n) is 3.95. The van der Waals surface area contributed by atoms with E-state index >= 15 is 0 Å². The Morgan fingerprint density at radius 2 is 1.96 bits per heavy atom. The summed E-state index contributed by atoms with van der Waals surface area (Å²) in [5.41, 5.74) is 1.78. The number of hydrogen-bond donors (Lipinski definition) is 0. The Labute approximate surface area is 141 Å². The fourth-order valence-electron chi connectivity index (χ4n) is 2.91. The minimum atomic E-state index is -4.16. The van der Waals surface area contributed by atoms with Crippen molar-refractivity contribution in [1.82, 2.24) is 0 Å². The zero-order chi connectivity index (χ0) is 17.2. The van der Waals surface area contributed by atoms with Gasteiger partial charge in [0, 0.05) is 18.2 Å². The molecule has 6 heteroatoms. The second-order valence-corrected chi connectivity index (χ2v) is 7.22. The third-order valence-corrected chi connectivity index (χ3v) is 4.74. The smallest absolute Gasteiger partial charge is 0.373 e. The number of oxazole rings is 1. The minimum absolute atomic E-state index is 0.330. The molecule has 0 unspecified atom stereocenters. The molecule has 2 aromatic carbocycles. The van der Waals surface area contributed by atoms with Crippen LogP contribution in [0.5, 0.6) is 0 Å². The summed E-state index contributed by atoms with van der Waals surface area (Å²) in [7, 11) is -4.16. The fraction of sp³-hybridized carbons (Fsp3) is 0.278. The standard InChI is InChI=1S/C18H19NO4S/c1-2-7-17-19(12-5-6-13-24(20,21)22)18-15-9-4-3-8-14(15)10-11-16(18)23-17/h2-4,7-11H,5-6,12-13H2,1H3/b7-2+. The van der Waals surface area contributed by atoms with Gasteiger partial charge in [0.2, 0.25) is 5.58 Å². The summed E-state index contributed by atoms with van der Waals surface area (Å²) in [6.45, 7) is 2.51. The molecule has 0 aliphatic rings. The number of aromatic nitrogens is 1. The first-order chi connectivity index (χ1) is 11.5. The van der Waals surface area contributed by atoms with Crippen molar-refractivity contribution in [3.63, 3.8) is 0 Å². The average Bonchev–Trinajstić information content (AvgIpc) is 2.89. The molecule has 0 radical (unpaired) electrons. The number of allylic oxidation sites excluding steroid dienone is 1. The van der Waals surface area contributed by atoms with E-state index in [0.717, 1.165) is 21.9 Å². The molecule has 0 fully saturated rings. The molecule has 0 bridgehead atoms. The van der Waals surface area contributed by atoms with Gasteiger partial charge in [0.1, 0.15) is 0 Å². The summed E-state index contributed by atoms with van der Waals surface area (Å²) >= 11 is 0. The number of rotatable bonds is 6. The first kappa shape index (κ1) is 16.7. The van der Waals surface area contributed by atoms with Gasteiger partial charge in [-0.2, -0.15) is 4.57 Å². The lowest BCUT2D eigenvalue weighted by Crippen LogP contribution is -2.35. The summed E-state index contributed by atoms with van der Waals surface area (Å²) in [5, 5.41) is 2.21. The molecule has 0 N–H and O–H groups in total. The molecule has 0 aliphatic heterocycles. The van der Waals surface area contributed by atoms with E-state index in [1.165, 1.54) is 0 Å². The van der Waals surface area contributed by atoms with Gasteiger partial charge in [0.15, 0.2) is 6.54 Å². The molecule has 0 aliphatic carbocycles. The zero-order valence-corrected chi connectivity index (χ0v) is 14.3. The van der Waals surface area contributed by atoms with E-state index in [1.807, 2.05) is 55.5 Å². The van der Waals surface area contributed by atoms with Crippen LogP contribution < -0.4 is 4.57 Å². The normalized spacial score (nSPS) is 12.6. The molecule has 1 aromatic heterocycles. The van der Waals surface area contributed by atoms with E-state index in [1.54, 1.807) is 0 Å². The lowest BCUT2D eigenvalue weighted by molar-refractivity contribution is -0.677. The van der Waals surface area contributed by atoms with Gasteiger partial charge in [-0.05, 0) is 30.9 Å². The summed E-state index contributed by atoms with van der Waals surface area (Å²) in [5.74, 6) is 0.386. The van der Waals surface area contributed by atoms with E-state index in [-0.39, 0.29) is 5.75 Å². The summed E-state index contributed by atoms with van der Waals surface area (Å²) < 4.78 is 40.3. The average molecular weight is 345 g/mol. The molecule has 0 amide bonds. The maximum Gasteiger partial charge on any atom is 0.373 e. The second-order valence-electron chi connectivity index (χ2n) is 5.69. The largest absolute Gasteiger partial charge is 0.748 e. The van der Waals surface area contributed by atoms with Crippen molar-refractivity contribution in [2.24, 2.45) is 0 Å². The molecule has 0 saturated heterocycles. The van der Waals surface area contributed by atoms with E-state index < -0.39 is 10.1 Å². The molecule has 0 saturated carbocycles. The van der Waals surface area contributed by atoms with Crippen molar-refractivity contribution in [2.45, 2.75) is 26.3 Å². The molecule has 0 atom stereocenters. The quantitative estimate of drug-likeness (QED) is 0.390. The molecule has 126 valence electrons. The van der Waals surface area contributed by atoms with Gasteiger partial charge in [0.25, 0.3) is 5.52 Å². The first-order valence-electron chi connectivity index (χ1n) is 7.90. The Morgan fingerprint density at radius 1 is 1.17 bits per heavy atom. The van der Waals surface area contributed by atoms with Crippen molar-refractivity contribution < 1.29 is 22.0 Å². The predicted octanol–water partition coefficient (Wildman–Crippen LogP) is 3.23. The van der Waals surface area contributed by atoms with Gasteiger partial charge in [0.05, 0.1) is 15.5 Å². The van der Waals surface area contributed by atoms with Crippen LogP contribution in [-0.2, 0) is 16.7 Å². The van der Waals surface area contributed by atoms with Gasteiger partial charge < -0.3 is 8.97 Å². The van der Waals surface area contributed by atoms with E-state index in [0.29, 0.717) is 25.3 Å². The highest BCUT2D eigenvalue weighted by molar-refractivity contribution is 7.85. The minimum Gasteiger partial charge on any atom is -0.748 e. The lowest BCUT2D eigenvalue weighted by atomic mass is 10.1. The van der Waals surface area contributed by atoms with E-state index in [2.05, 4.69) is 4.57 Å². The number of nitrogens with zero attached hydrogens (tertiary/aromatic N) is 1. The molecule has 5 nitrogen and oxygen atoms in total. The van der Waals surface area contributed by atoms with Crippen molar-refractivity contribution >= 4 is 38.1 Å². The molecule has 3 aromatic rings. The Hall–Kier alpha value is -2.18. The van der Waals surface area contributed by atoms with Crippen LogP contribution in [0.1, 0.15) is 25.7 Å². The highest BCUT2D eigenvalue weighted by Crippen LogP contribution is 2.25. The fourth-order valence-corrected chi connectivity index (χ4v) is 3.47. The monoisotopic (exact) mass is 345 g/mol. The van der Waals surface area contributed by atoms with Crippen molar-refractivity contribution in [1.29, 1.82) is 0 Å². The molecule has 24 heavy (non-hydrogen) atoms.